The van der Waals surface area contributed by atoms with Crippen LogP contribution in [0.4, 0.5) is 13.2 Å². The van der Waals surface area contributed by atoms with Crippen molar-refractivity contribution in [1.82, 2.24) is 5.32 Å². The fourth-order valence-corrected chi connectivity index (χ4v) is 2.68. The minimum Gasteiger partial charge on any atom is -0.466 e. The number of dihydropyridines is 1. The Bertz CT molecular complexity index is 788. The number of hydrogen-bond donors (Lipinski definition) is 2. The maximum Gasteiger partial charge on any atom is 0.416 e. The minimum atomic E-state index is -4.65. The first kappa shape index (κ1) is 17.4. The van der Waals surface area contributed by atoms with Crippen LogP contribution in [0.5, 0.6) is 0 Å². The molecule has 1 aliphatic heterocycles. The average Bonchev–Trinajstić information content (AvgIpc) is 2.52. The van der Waals surface area contributed by atoms with Crippen LogP contribution in [-0.2, 0) is 15.7 Å². The number of carbonyl (C=O) groups excluding carboxylic acids is 1. The topological polar surface area (TPSA) is 88.1 Å². The molecule has 0 radical (unpaired) electrons. The van der Waals surface area contributed by atoms with Gasteiger partial charge in [-0.25, -0.2) is 4.79 Å². The van der Waals surface area contributed by atoms with Gasteiger partial charge in [0.2, 0.25) is 0 Å². The van der Waals surface area contributed by atoms with Crippen LogP contribution in [0, 0.1) is 11.3 Å². The van der Waals surface area contributed by atoms with E-state index in [1.807, 2.05) is 0 Å². The number of rotatable bonds is 2. The zero-order chi connectivity index (χ0) is 18.1. The van der Waals surface area contributed by atoms with E-state index in [4.69, 9.17) is 5.73 Å². The highest BCUT2D eigenvalue weighted by atomic mass is 19.4. The van der Waals surface area contributed by atoms with Crippen LogP contribution in [0.3, 0.4) is 0 Å². The Hall–Kier alpha value is -2.95. The molecule has 24 heavy (non-hydrogen) atoms. The number of nitrogens with zero attached hydrogens (tertiary/aromatic N) is 1. The summed E-state index contributed by atoms with van der Waals surface area (Å²) in [5, 5.41) is 12.0. The molecular weight excluding hydrogens is 323 g/mol. The summed E-state index contributed by atoms with van der Waals surface area (Å²) in [6, 6.07) is 6.55. The molecule has 1 aromatic rings. The number of benzene rings is 1. The molecular formula is C16H14F3N3O2. The number of carbonyl (C=O) groups is 1. The van der Waals surface area contributed by atoms with Gasteiger partial charge in [0.15, 0.2) is 0 Å². The van der Waals surface area contributed by atoms with Crippen LogP contribution in [0.15, 0.2) is 46.9 Å². The normalized spacial score (nSPS) is 18.1. The molecule has 8 heteroatoms. The van der Waals surface area contributed by atoms with Crippen molar-refractivity contribution in [2.24, 2.45) is 5.73 Å². The molecule has 0 saturated heterocycles. The highest BCUT2D eigenvalue weighted by molar-refractivity contribution is 5.93. The van der Waals surface area contributed by atoms with E-state index >= 15 is 0 Å². The second kappa shape index (κ2) is 6.28. The van der Waals surface area contributed by atoms with Gasteiger partial charge in [-0.3, -0.25) is 0 Å². The van der Waals surface area contributed by atoms with Crippen LogP contribution < -0.4 is 11.1 Å². The van der Waals surface area contributed by atoms with Crippen molar-refractivity contribution in [2.75, 3.05) is 7.11 Å². The van der Waals surface area contributed by atoms with Crippen molar-refractivity contribution in [2.45, 2.75) is 19.0 Å². The molecule has 0 amide bonds. The lowest BCUT2D eigenvalue weighted by atomic mass is 9.80. The summed E-state index contributed by atoms with van der Waals surface area (Å²) in [5.74, 6) is -2.19. The van der Waals surface area contributed by atoms with E-state index in [9.17, 15) is 23.2 Å². The van der Waals surface area contributed by atoms with Crippen molar-refractivity contribution in [3.05, 3.63) is 58.1 Å². The summed E-state index contributed by atoms with van der Waals surface area (Å²) in [4.78, 5) is 12.1. The van der Waals surface area contributed by atoms with Gasteiger partial charge >= 0.3 is 12.1 Å². The third kappa shape index (κ3) is 2.93. The monoisotopic (exact) mass is 337 g/mol. The molecule has 1 unspecified atom stereocenters. The standard InChI is InChI=1S/C16H14F3N3O2/c1-8-12(15(23)24-2)13(10(7-20)14(21)22-8)9-5-3-4-6-11(9)16(17,18)19/h3-6,13,22H,21H2,1-2H3. The first-order chi connectivity index (χ1) is 11.2. The molecule has 2 rings (SSSR count). The van der Waals surface area contributed by atoms with Gasteiger partial charge in [0.1, 0.15) is 5.82 Å². The molecule has 0 aliphatic carbocycles. The smallest absolute Gasteiger partial charge is 0.416 e. The Morgan fingerprint density at radius 1 is 1.38 bits per heavy atom. The number of nitrogens with two attached hydrogens (primary N) is 1. The van der Waals surface area contributed by atoms with Crippen molar-refractivity contribution >= 4 is 5.97 Å². The first-order valence-electron chi connectivity index (χ1n) is 6.84. The zero-order valence-corrected chi connectivity index (χ0v) is 12.9. The van der Waals surface area contributed by atoms with E-state index in [1.54, 1.807) is 6.07 Å². The number of alkyl halides is 3. The van der Waals surface area contributed by atoms with Crippen molar-refractivity contribution < 1.29 is 22.7 Å². The SMILES string of the molecule is COC(=O)C1=C(C)NC(N)=C(C#N)C1c1ccccc1C(F)(F)F. The number of ether oxygens (including phenoxy) is 1. The van der Waals surface area contributed by atoms with Crippen molar-refractivity contribution in [3.8, 4) is 6.07 Å². The van der Waals surface area contributed by atoms with Gasteiger partial charge in [0.05, 0.1) is 35.8 Å². The van der Waals surface area contributed by atoms with E-state index in [1.165, 1.54) is 25.1 Å². The predicted molar refractivity (Wildman–Crippen MR) is 78.9 cm³/mol. The maximum atomic E-state index is 13.4. The van der Waals surface area contributed by atoms with E-state index < -0.39 is 23.6 Å². The Kier molecular flexibility index (Phi) is 4.55. The van der Waals surface area contributed by atoms with Crippen molar-refractivity contribution in [3.63, 3.8) is 0 Å². The fourth-order valence-electron chi connectivity index (χ4n) is 2.68. The van der Waals surface area contributed by atoms with Crippen LogP contribution >= 0.6 is 0 Å². The lowest BCUT2D eigenvalue weighted by Crippen LogP contribution is -2.33. The van der Waals surface area contributed by atoms with Gasteiger partial charge in [0, 0.05) is 5.70 Å². The Morgan fingerprint density at radius 3 is 2.54 bits per heavy atom. The molecule has 1 aromatic carbocycles. The number of nitrogens with one attached hydrogen (secondary N) is 1. The highest BCUT2D eigenvalue weighted by Crippen LogP contribution is 2.43. The quantitative estimate of drug-likeness (QED) is 0.810. The number of esters is 1. The Labute approximate surface area is 136 Å². The second-order valence-electron chi connectivity index (χ2n) is 5.11. The number of halogens is 3. The molecule has 0 fully saturated rings. The molecule has 5 nitrogen and oxygen atoms in total. The van der Waals surface area contributed by atoms with Crippen LogP contribution in [0.25, 0.3) is 0 Å². The zero-order valence-electron chi connectivity index (χ0n) is 12.9. The summed E-state index contributed by atoms with van der Waals surface area (Å²) >= 11 is 0. The van der Waals surface area contributed by atoms with Gasteiger partial charge in [0.25, 0.3) is 0 Å². The van der Waals surface area contributed by atoms with Gasteiger partial charge in [-0.2, -0.15) is 18.4 Å². The second-order valence-corrected chi connectivity index (χ2v) is 5.11. The van der Waals surface area contributed by atoms with Gasteiger partial charge < -0.3 is 15.8 Å². The molecule has 0 aromatic heterocycles. The van der Waals surface area contributed by atoms with Crippen LogP contribution in [-0.4, -0.2) is 13.1 Å². The largest absolute Gasteiger partial charge is 0.466 e. The first-order valence-corrected chi connectivity index (χ1v) is 6.84. The Morgan fingerprint density at radius 2 is 2.00 bits per heavy atom. The highest BCUT2D eigenvalue weighted by Gasteiger charge is 2.41. The third-order valence-corrected chi connectivity index (χ3v) is 3.70. The van der Waals surface area contributed by atoms with Crippen LogP contribution in [0.2, 0.25) is 0 Å². The lowest BCUT2D eigenvalue weighted by molar-refractivity contribution is -0.139. The Balaban J connectivity index is 2.78. The molecule has 0 bridgehead atoms. The summed E-state index contributed by atoms with van der Waals surface area (Å²) < 4.78 is 44.8. The van der Waals surface area contributed by atoms with E-state index in [0.717, 1.165) is 13.2 Å². The van der Waals surface area contributed by atoms with Gasteiger partial charge in [-0.1, -0.05) is 18.2 Å². The molecule has 1 aliphatic rings. The summed E-state index contributed by atoms with van der Waals surface area (Å²) in [6.45, 7) is 1.48. The van der Waals surface area contributed by atoms with Crippen molar-refractivity contribution in [1.29, 1.82) is 5.26 Å². The third-order valence-electron chi connectivity index (χ3n) is 3.70. The summed E-state index contributed by atoms with van der Waals surface area (Å²) in [7, 11) is 1.11. The maximum absolute atomic E-state index is 13.4. The molecule has 1 heterocycles. The molecule has 0 saturated carbocycles. The molecule has 126 valence electrons. The average molecular weight is 337 g/mol. The predicted octanol–water partition coefficient (Wildman–Crippen LogP) is 2.53. The molecule has 1 atom stereocenters. The minimum absolute atomic E-state index is 0.0834. The van der Waals surface area contributed by atoms with E-state index in [2.05, 4.69) is 10.1 Å². The molecule has 3 N–H and O–H groups in total. The lowest BCUT2D eigenvalue weighted by Gasteiger charge is -2.29. The van der Waals surface area contributed by atoms with Gasteiger partial charge in [-0.15, -0.1) is 0 Å². The van der Waals surface area contributed by atoms with E-state index in [-0.39, 0.29) is 28.2 Å². The van der Waals surface area contributed by atoms with Crippen LogP contribution in [0.1, 0.15) is 24.0 Å². The fraction of sp³-hybridized carbons (Fsp3) is 0.250. The summed E-state index contributed by atoms with van der Waals surface area (Å²) in [5.41, 5.74) is 4.56. The molecule has 0 spiro atoms. The summed E-state index contributed by atoms with van der Waals surface area (Å²) in [6.07, 6.45) is -4.65. The van der Waals surface area contributed by atoms with E-state index in [0.29, 0.717) is 0 Å². The number of methoxy groups -OCH3 is 1. The van der Waals surface area contributed by atoms with Gasteiger partial charge in [-0.05, 0) is 18.6 Å². The number of allylic oxidation sites excluding steroid dienone is 2. The number of hydrogen-bond acceptors (Lipinski definition) is 5. The number of nitriles is 1.